The average molecular weight is 405 g/mol. The van der Waals surface area contributed by atoms with E-state index < -0.39 is 0 Å². The van der Waals surface area contributed by atoms with Crippen LogP contribution in [0, 0.1) is 6.92 Å². The minimum atomic E-state index is -0.135. The third-order valence-electron chi connectivity index (χ3n) is 4.14. The van der Waals surface area contributed by atoms with Gasteiger partial charge < -0.3 is 14.3 Å². The minimum absolute atomic E-state index is 0.135. The molecule has 0 unspecified atom stereocenters. The van der Waals surface area contributed by atoms with Crippen LogP contribution in [0.5, 0.6) is 0 Å². The molecule has 7 heteroatoms. The van der Waals surface area contributed by atoms with Crippen molar-refractivity contribution >= 4 is 23.5 Å². The van der Waals surface area contributed by atoms with Gasteiger partial charge in [0.15, 0.2) is 11.6 Å². The van der Waals surface area contributed by atoms with Crippen molar-refractivity contribution in [3.63, 3.8) is 0 Å². The summed E-state index contributed by atoms with van der Waals surface area (Å²) in [7, 11) is 0. The van der Waals surface area contributed by atoms with E-state index in [2.05, 4.69) is 15.5 Å². The van der Waals surface area contributed by atoms with Crippen LogP contribution in [0.2, 0.25) is 0 Å². The lowest BCUT2D eigenvalue weighted by Crippen LogP contribution is -2.12. The summed E-state index contributed by atoms with van der Waals surface area (Å²) in [4.78, 5) is 16.7. The molecule has 0 aliphatic rings. The molecule has 6 nitrogen and oxygen atoms in total. The molecule has 0 fully saturated rings. The van der Waals surface area contributed by atoms with E-state index in [9.17, 15) is 4.79 Å². The molecule has 0 bridgehead atoms. The summed E-state index contributed by atoms with van der Waals surface area (Å²) in [5, 5.41) is 7.00. The second-order valence-electron chi connectivity index (χ2n) is 6.36. The number of hydrogen-bond donors (Lipinski definition) is 1. The van der Waals surface area contributed by atoms with E-state index in [4.69, 9.17) is 8.94 Å². The number of amides is 1. The number of anilines is 1. The van der Waals surface area contributed by atoms with Crippen molar-refractivity contribution in [3.8, 4) is 22.6 Å². The molecule has 4 rings (SSSR count). The second kappa shape index (κ2) is 8.79. The molecule has 2 aromatic heterocycles. The first-order chi connectivity index (χ1) is 14.2. The lowest BCUT2D eigenvalue weighted by atomic mass is 10.1. The molecule has 0 atom stereocenters. The lowest BCUT2D eigenvalue weighted by Gasteiger charge is -2.00. The maximum absolute atomic E-state index is 12.1. The van der Waals surface area contributed by atoms with Crippen molar-refractivity contribution < 1.29 is 13.7 Å². The molecule has 0 spiro atoms. The van der Waals surface area contributed by atoms with E-state index in [1.165, 1.54) is 11.8 Å². The number of aromatic nitrogens is 2. The quantitative estimate of drug-likeness (QED) is 0.413. The van der Waals surface area contributed by atoms with Crippen LogP contribution in [0.4, 0.5) is 5.82 Å². The van der Waals surface area contributed by atoms with Crippen molar-refractivity contribution in [2.45, 2.75) is 18.6 Å². The Hall–Kier alpha value is -3.32. The van der Waals surface area contributed by atoms with Gasteiger partial charge >= 0.3 is 0 Å². The van der Waals surface area contributed by atoms with E-state index in [0.29, 0.717) is 29.0 Å². The van der Waals surface area contributed by atoms with Gasteiger partial charge in [-0.15, -0.1) is 0 Å². The van der Waals surface area contributed by atoms with Gasteiger partial charge in [0.1, 0.15) is 11.5 Å². The molecule has 29 heavy (non-hydrogen) atoms. The first kappa shape index (κ1) is 19.0. The molecule has 0 saturated carbocycles. The zero-order chi connectivity index (χ0) is 20.1. The summed E-state index contributed by atoms with van der Waals surface area (Å²) in [5.74, 6) is 2.19. The Morgan fingerprint density at radius 2 is 1.72 bits per heavy atom. The fourth-order valence-electron chi connectivity index (χ4n) is 2.80. The van der Waals surface area contributed by atoms with Crippen LogP contribution in [-0.4, -0.2) is 21.8 Å². The lowest BCUT2D eigenvalue weighted by molar-refractivity contribution is -0.115. The largest absolute Gasteiger partial charge is 0.431 e. The average Bonchev–Trinajstić information content (AvgIpc) is 3.35. The fourth-order valence-corrected chi connectivity index (χ4v) is 3.56. The predicted octanol–water partition coefficient (Wildman–Crippen LogP) is 5.43. The molecule has 0 radical (unpaired) electrons. The number of benzene rings is 2. The molecular formula is C22H19N3O3S. The summed E-state index contributed by atoms with van der Waals surface area (Å²) in [6.45, 7) is 1.77. The topological polar surface area (TPSA) is 81.2 Å². The van der Waals surface area contributed by atoms with Crippen LogP contribution >= 0.6 is 11.8 Å². The minimum Gasteiger partial charge on any atom is -0.431 e. The number of nitrogens with one attached hydrogen (secondary N) is 1. The van der Waals surface area contributed by atoms with Gasteiger partial charge in [0.05, 0.1) is 0 Å². The normalized spacial score (nSPS) is 10.8. The predicted molar refractivity (Wildman–Crippen MR) is 113 cm³/mol. The van der Waals surface area contributed by atoms with Gasteiger partial charge in [-0.2, -0.15) is 0 Å². The summed E-state index contributed by atoms with van der Waals surface area (Å²) in [5.41, 5.74) is 2.74. The smallest absolute Gasteiger partial charge is 0.256 e. The maximum Gasteiger partial charge on any atom is 0.256 e. The van der Waals surface area contributed by atoms with E-state index in [1.807, 2.05) is 60.7 Å². The standard InChI is InChI=1S/C22H19N3O3S/c1-15-14-18(25-28-15)23-19(26)12-13-29-22-24-20(16-8-4-2-5-9-16)21(27-22)17-10-6-3-7-11-17/h2-11,14H,12-13H2,1H3,(H,23,25,26). The number of carbonyl (C=O) groups is 1. The Balaban J connectivity index is 1.46. The molecule has 2 heterocycles. The zero-order valence-electron chi connectivity index (χ0n) is 15.8. The molecule has 146 valence electrons. The highest BCUT2D eigenvalue weighted by Gasteiger charge is 2.17. The molecule has 0 saturated heterocycles. The van der Waals surface area contributed by atoms with E-state index >= 15 is 0 Å². The van der Waals surface area contributed by atoms with Crippen molar-refractivity contribution in [2.24, 2.45) is 0 Å². The number of rotatable bonds is 7. The van der Waals surface area contributed by atoms with Gasteiger partial charge in [0.25, 0.3) is 5.22 Å². The van der Waals surface area contributed by atoms with Crippen LogP contribution in [0.1, 0.15) is 12.2 Å². The monoisotopic (exact) mass is 405 g/mol. The zero-order valence-corrected chi connectivity index (χ0v) is 16.6. The molecule has 0 aliphatic carbocycles. The van der Waals surface area contributed by atoms with E-state index in [-0.39, 0.29) is 5.91 Å². The van der Waals surface area contributed by atoms with Gasteiger partial charge in [-0.05, 0) is 6.92 Å². The van der Waals surface area contributed by atoms with E-state index in [0.717, 1.165) is 22.6 Å². The Morgan fingerprint density at radius 1 is 1.03 bits per heavy atom. The summed E-state index contributed by atoms with van der Waals surface area (Å²) in [6.07, 6.45) is 0.306. The van der Waals surface area contributed by atoms with Gasteiger partial charge in [-0.3, -0.25) is 4.79 Å². The van der Waals surface area contributed by atoms with Crippen LogP contribution < -0.4 is 5.32 Å². The number of hydrogen-bond acceptors (Lipinski definition) is 6. The maximum atomic E-state index is 12.1. The summed E-state index contributed by atoms with van der Waals surface area (Å²) in [6, 6.07) is 21.5. The van der Waals surface area contributed by atoms with Gasteiger partial charge in [0, 0.05) is 29.4 Å². The fraction of sp³-hybridized carbons (Fsp3) is 0.136. The third kappa shape index (κ3) is 4.75. The van der Waals surface area contributed by atoms with Crippen molar-refractivity contribution in [2.75, 3.05) is 11.1 Å². The Morgan fingerprint density at radius 3 is 2.38 bits per heavy atom. The van der Waals surface area contributed by atoms with Gasteiger partial charge in [-0.1, -0.05) is 77.6 Å². The molecule has 1 amide bonds. The van der Waals surface area contributed by atoms with Crippen LogP contribution in [0.3, 0.4) is 0 Å². The Labute approximate surface area is 172 Å². The highest BCUT2D eigenvalue weighted by atomic mass is 32.2. The number of thioether (sulfide) groups is 1. The molecular weight excluding hydrogens is 386 g/mol. The van der Waals surface area contributed by atoms with Crippen molar-refractivity contribution in [1.82, 2.24) is 10.1 Å². The molecule has 0 aliphatic heterocycles. The Bertz CT molecular complexity index is 1030. The van der Waals surface area contributed by atoms with Gasteiger partial charge in [-0.25, -0.2) is 4.98 Å². The summed E-state index contributed by atoms with van der Waals surface area (Å²) < 4.78 is 11.0. The highest BCUT2D eigenvalue weighted by Crippen LogP contribution is 2.35. The molecule has 1 N–H and O–H groups in total. The first-order valence-corrected chi connectivity index (χ1v) is 10.2. The Kier molecular flexibility index (Phi) is 5.76. The molecule has 4 aromatic rings. The van der Waals surface area contributed by atoms with Crippen molar-refractivity contribution in [1.29, 1.82) is 0 Å². The van der Waals surface area contributed by atoms with Crippen LogP contribution in [0.15, 0.2) is 80.9 Å². The van der Waals surface area contributed by atoms with Crippen molar-refractivity contribution in [3.05, 3.63) is 72.5 Å². The van der Waals surface area contributed by atoms with Crippen LogP contribution in [-0.2, 0) is 4.79 Å². The second-order valence-corrected chi connectivity index (χ2v) is 7.41. The summed E-state index contributed by atoms with van der Waals surface area (Å²) >= 11 is 1.41. The third-order valence-corrected chi connectivity index (χ3v) is 4.97. The SMILES string of the molecule is Cc1cc(NC(=O)CCSc2nc(-c3ccccc3)c(-c3ccccc3)o2)no1. The van der Waals surface area contributed by atoms with E-state index in [1.54, 1.807) is 13.0 Å². The number of aryl methyl sites for hydroxylation is 1. The number of carbonyl (C=O) groups excluding carboxylic acids is 1. The van der Waals surface area contributed by atoms with Gasteiger partial charge in [0.2, 0.25) is 5.91 Å². The number of oxazole rings is 1. The first-order valence-electron chi connectivity index (χ1n) is 9.16. The highest BCUT2D eigenvalue weighted by molar-refractivity contribution is 7.99. The number of nitrogens with zero attached hydrogens (tertiary/aromatic N) is 2. The van der Waals surface area contributed by atoms with Crippen LogP contribution in [0.25, 0.3) is 22.6 Å². The molecule has 2 aromatic carbocycles.